The number of nitrogens with one attached hydrogen (secondary N) is 3. The van der Waals surface area contributed by atoms with Crippen LogP contribution in [0.2, 0.25) is 0 Å². The molecule has 0 radical (unpaired) electrons. The van der Waals surface area contributed by atoms with Crippen LogP contribution in [0.5, 0.6) is 11.5 Å². The van der Waals surface area contributed by atoms with Gasteiger partial charge in [-0.1, -0.05) is 0 Å². The third-order valence-electron chi connectivity index (χ3n) is 4.58. The summed E-state index contributed by atoms with van der Waals surface area (Å²) in [5, 5.41) is 7.62. The molecule has 8 heteroatoms. The molecule has 0 spiro atoms. The molecule has 156 valence electrons. The molecule has 0 bridgehead atoms. The summed E-state index contributed by atoms with van der Waals surface area (Å²) in [6.07, 6.45) is 2.71. The summed E-state index contributed by atoms with van der Waals surface area (Å²) >= 11 is 0. The van der Waals surface area contributed by atoms with Gasteiger partial charge in [0.15, 0.2) is 5.96 Å². The summed E-state index contributed by atoms with van der Waals surface area (Å²) in [5.41, 5.74) is 2.95. The number of aliphatic imine (C=N–C) groups is 1. The van der Waals surface area contributed by atoms with Crippen LogP contribution in [0.15, 0.2) is 47.6 Å². The Kier molecular flexibility index (Phi) is 8.56. The summed E-state index contributed by atoms with van der Waals surface area (Å²) in [5.74, 6) is 1.97. The maximum absolute atomic E-state index is 13.3. The SMILES string of the molecule is CN=C(NCCc1c[nH]c2cc(F)ccc12)NCc1ccc(OC)cc1OC.I. The number of benzene rings is 2. The molecule has 0 unspecified atom stereocenters. The molecular formula is C21H26FIN4O2. The van der Waals surface area contributed by atoms with Crippen LogP contribution in [0.4, 0.5) is 4.39 Å². The van der Waals surface area contributed by atoms with E-state index in [-0.39, 0.29) is 29.8 Å². The van der Waals surface area contributed by atoms with Crippen LogP contribution in [0.1, 0.15) is 11.1 Å². The first-order valence-electron chi connectivity index (χ1n) is 9.05. The van der Waals surface area contributed by atoms with Gasteiger partial charge in [-0.3, -0.25) is 4.99 Å². The van der Waals surface area contributed by atoms with E-state index in [2.05, 4.69) is 20.6 Å². The zero-order valence-electron chi connectivity index (χ0n) is 16.7. The second-order valence-corrected chi connectivity index (χ2v) is 6.28. The molecule has 0 saturated heterocycles. The lowest BCUT2D eigenvalue weighted by Gasteiger charge is -2.14. The Morgan fingerprint density at radius 2 is 1.90 bits per heavy atom. The van der Waals surface area contributed by atoms with E-state index < -0.39 is 0 Å². The van der Waals surface area contributed by atoms with Gasteiger partial charge in [0.05, 0.1) is 14.2 Å². The van der Waals surface area contributed by atoms with Gasteiger partial charge in [-0.05, 0) is 42.3 Å². The number of guanidine groups is 1. The second-order valence-electron chi connectivity index (χ2n) is 6.28. The van der Waals surface area contributed by atoms with E-state index in [0.29, 0.717) is 19.0 Å². The summed E-state index contributed by atoms with van der Waals surface area (Å²) < 4.78 is 23.9. The molecule has 0 atom stereocenters. The number of H-pyrrole nitrogens is 1. The van der Waals surface area contributed by atoms with Gasteiger partial charge in [0.25, 0.3) is 0 Å². The van der Waals surface area contributed by atoms with Crippen molar-refractivity contribution in [2.24, 2.45) is 4.99 Å². The molecule has 29 heavy (non-hydrogen) atoms. The maximum atomic E-state index is 13.3. The van der Waals surface area contributed by atoms with Gasteiger partial charge in [0.1, 0.15) is 17.3 Å². The molecule has 1 heterocycles. The predicted octanol–water partition coefficient (Wildman–Crippen LogP) is 3.85. The number of nitrogens with zero attached hydrogens (tertiary/aromatic N) is 1. The average molecular weight is 512 g/mol. The topological polar surface area (TPSA) is 70.7 Å². The zero-order valence-corrected chi connectivity index (χ0v) is 19.0. The molecule has 0 aliphatic heterocycles. The number of rotatable bonds is 7. The van der Waals surface area contributed by atoms with Crippen LogP contribution in [-0.2, 0) is 13.0 Å². The fraction of sp³-hybridized carbons (Fsp3) is 0.286. The first kappa shape index (κ1) is 22.8. The second kappa shape index (κ2) is 10.9. The van der Waals surface area contributed by atoms with Gasteiger partial charge >= 0.3 is 0 Å². The van der Waals surface area contributed by atoms with Gasteiger partial charge in [-0.2, -0.15) is 0 Å². The lowest BCUT2D eigenvalue weighted by Crippen LogP contribution is -2.37. The third-order valence-corrected chi connectivity index (χ3v) is 4.58. The number of aromatic amines is 1. The highest BCUT2D eigenvalue weighted by Gasteiger charge is 2.07. The highest BCUT2D eigenvalue weighted by atomic mass is 127. The van der Waals surface area contributed by atoms with E-state index in [4.69, 9.17) is 9.47 Å². The van der Waals surface area contributed by atoms with Gasteiger partial charge in [0.2, 0.25) is 0 Å². The molecule has 0 aliphatic carbocycles. The van der Waals surface area contributed by atoms with Crippen molar-refractivity contribution < 1.29 is 13.9 Å². The average Bonchev–Trinajstić information content (AvgIpc) is 3.12. The molecule has 3 rings (SSSR count). The number of fused-ring (bicyclic) bond motifs is 1. The Morgan fingerprint density at radius 3 is 2.62 bits per heavy atom. The quantitative estimate of drug-likeness (QED) is 0.256. The number of halogens is 2. The fourth-order valence-corrected chi connectivity index (χ4v) is 3.08. The highest BCUT2D eigenvalue weighted by molar-refractivity contribution is 14.0. The number of ether oxygens (including phenoxy) is 2. The molecular weight excluding hydrogens is 486 g/mol. The Labute approximate surface area is 186 Å². The predicted molar refractivity (Wildman–Crippen MR) is 125 cm³/mol. The van der Waals surface area contributed by atoms with Crippen molar-refractivity contribution in [1.29, 1.82) is 0 Å². The Hall–Kier alpha value is -2.49. The molecule has 0 fully saturated rings. The van der Waals surface area contributed by atoms with E-state index in [0.717, 1.165) is 39.9 Å². The van der Waals surface area contributed by atoms with E-state index in [1.54, 1.807) is 27.3 Å². The van der Waals surface area contributed by atoms with Crippen LogP contribution < -0.4 is 20.1 Å². The van der Waals surface area contributed by atoms with Crippen molar-refractivity contribution in [2.75, 3.05) is 27.8 Å². The van der Waals surface area contributed by atoms with Crippen molar-refractivity contribution in [2.45, 2.75) is 13.0 Å². The summed E-state index contributed by atoms with van der Waals surface area (Å²) in [7, 11) is 5.00. The lowest BCUT2D eigenvalue weighted by atomic mass is 10.1. The molecule has 2 aromatic carbocycles. The highest BCUT2D eigenvalue weighted by Crippen LogP contribution is 2.24. The van der Waals surface area contributed by atoms with Crippen LogP contribution >= 0.6 is 24.0 Å². The molecule has 6 nitrogen and oxygen atoms in total. The summed E-state index contributed by atoms with van der Waals surface area (Å²) in [4.78, 5) is 7.37. The standard InChI is InChI=1S/C21H25FN4O2.HI/c1-23-21(26-13-15-4-6-17(27-2)11-20(15)28-3)24-9-8-14-12-25-19-10-16(22)5-7-18(14)19;/h4-7,10-12,25H,8-9,13H2,1-3H3,(H2,23,24,26);1H. The Balaban J connectivity index is 0.00000300. The first-order chi connectivity index (χ1) is 13.6. The van der Waals surface area contributed by atoms with Gasteiger partial charge in [0, 0.05) is 48.9 Å². The largest absolute Gasteiger partial charge is 0.497 e. The van der Waals surface area contributed by atoms with E-state index in [1.807, 2.05) is 24.4 Å². The monoisotopic (exact) mass is 512 g/mol. The van der Waals surface area contributed by atoms with Crippen molar-refractivity contribution in [3.05, 3.63) is 59.5 Å². The molecule has 0 amide bonds. The zero-order chi connectivity index (χ0) is 19.9. The van der Waals surface area contributed by atoms with Crippen molar-refractivity contribution in [3.8, 4) is 11.5 Å². The summed E-state index contributed by atoms with van der Waals surface area (Å²) in [6.45, 7) is 1.27. The molecule has 0 saturated carbocycles. The lowest BCUT2D eigenvalue weighted by molar-refractivity contribution is 0.390. The smallest absolute Gasteiger partial charge is 0.191 e. The molecule has 3 N–H and O–H groups in total. The van der Waals surface area contributed by atoms with Crippen LogP contribution in [0.3, 0.4) is 0 Å². The van der Waals surface area contributed by atoms with Crippen molar-refractivity contribution in [1.82, 2.24) is 15.6 Å². The fourth-order valence-electron chi connectivity index (χ4n) is 3.08. The minimum atomic E-state index is -0.238. The number of aromatic nitrogens is 1. The Morgan fingerprint density at radius 1 is 1.07 bits per heavy atom. The van der Waals surface area contributed by atoms with Crippen LogP contribution in [-0.4, -0.2) is 38.8 Å². The Bertz CT molecular complexity index is 974. The number of hydrogen-bond acceptors (Lipinski definition) is 3. The number of methoxy groups -OCH3 is 2. The molecule has 0 aliphatic rings. The molecule has 3 aromatic rings. The normalized spacial score (nSPS) is 11.1. The minimum absolute atomic E-state index is 0. The minimum Gasteiger partial charge on any atom is -0.497 e. The third kappa shape index (κ3) is 5.75. The van der Waals surface area contributed by atoms with Gasteiger partial charge < -0.3 is 25.1 Å². The van der Waals surface area contributed by atoms with Gasteiger partial charge in [-0.15, -0.1) is 24.0 Å². The van der Waals surface area contributed by atoms with Gasteiger partial charge in [-0.25, -0.2) is 4.39 Å². The first-order valence-corrected chi connectivity index (χ1v) is 9.05. The van der Waals surface area contributed by atoms with E-state index in [9.17, 15) is 4.39 Å². The van der Waals surface area contributed by atoms with E-state index >= 15 is 0 Å². The van der Waals surface area contributed by atoms with Crippen molar-refractivity contribution in [3.63, 3.8) is 0 Å². The summed E-state index contributed by atoms with van der Waals surface area (Å²) in [6, 6.07) is 10.5. The van der Waals surface area contributed by atoms with Crippen LogP contribution in [0, 0.1) is 5.82 Å². The van der Waals surface area contributed by atoms with Crippen LogP contribution in [0.25, 0.3) is 10.9 Å². The number of hydrogen-bond donors (Lipinski definition) is 3. The molecule has 1 aromatic heterocycles. The maximum Gasteiger partial charge on any atom is 0.191 e. The van der Waals surface area contributed by atoms with Crippen molar-refractivity contribution >= 4 is 40.8 Å². The van der Waals surface area contributed by atoms with E-state index in [1.165, 1.54) is 12.1 Å².